The Kier molecular flexibility index (Phi) is 5.02. The summed E-state index contributed by atoms with van der Waals surface area (Å²) in [6.07, 6.45) is 2.29. The highest BCUT2D eigenvalue weighted by atomic mass is 35.5. The van der Waals surface area contributed by atoms with E-state index < -0.39 is 5.91 Å². The Morgan fingerprint density at radius 3 is 2.89 bits per heavy atom. The predicted octanol–water partition coefficient (Wildman–Crippen LogP) is 4.60. The van der Waals surface area contributed by atoms with E-state index in [2.05, 4.69) is 10.3 Å². The average Bonchev–Trinajstić information content (AvgIpc) is 3.07. The zero-order chi connectivity index (χ0) is 19.7. The van der Waals surface area contributed by atoms with Gasteiger partial charge in [0.05, 0.1) is 33.6 Å². The first-order valence-electron chi connectivity index (χ1n) is 8.71. The molecule has 4 rings (SSSR count). The number of hydrogen-bond acceptors (Lipinski definition) is 5. The quantitative estimate of drug-likeness (QED) is 0.518. The molecule has 142 valence electrons. The molecule has 4 aromatic rings. The second-order valence-corrected chi connectivity index (χ2v) is 7.53. The van der Waals surface area contributed by atoms with Gasteiger partial charge >= 0.3 is 0 Å². The van der Waals surface area contributed by atoms with Crippen molar-refractivity contribution in [3.63, 3.8) is 0 Å². The van der Waals surface area contributed by atoms with Gasteiger partial charge in [0.25, 0.3) is 11.5 Å². The molecule has 0 saturated heterocycles. The number of amides is 1. The van der Waals surface area contributed by atoms with Crippen molar-refractivity contribution < 1.29 is 9.53 Å². The van der Waals surface area contributed by atoms with E-state index in [0.29, 0.717) is 22.2 Å². The standard InChI is InChI=1S/C20H16ClN3O3S/c1-2-9-27-12-7-8-16-17(10-12)28-20-22-11-15(19(26)24(16)20)23-18(25)13-5-3-4-6-14(13)21/h3-8,10-11H,2,9H2,1H3,(H,23,25). The third kappa shape index (κ3) is 3.34. The van der Waals surface area contributed by atoms with Crippen LogP contribution in [-0.4, -0.2) is 21.9 Å². The molecule has 1 N–H and O–H groups in total. The molecule has 0 unspecified atom stereocenters. The molecular weight excluding hydrogens is 398 g/mol. The van der Waals surface area contributed by atoms with Crippen LogP contribution in [-0.2, 0) is 0 Å². The molecule has 8 heteroatoms. The number of rotatable bonds is 5. The number of anilines is 1. The third-order valence-corrected chi connectivity index (χ3v) is 5.49. The summed E-state index contributed by atoms with van der Waals surface area (Å²) in [5, 5.41) is 2.93. The van der Waals surface area contributed by atoms with Gasteiger partial charge in [-0.25, -0.2) is 9.38 Å². The molecule has 0 saturated carbocycles. The molecule has 0 aliphatic carbocycles. The van der Waals surface area contributed by atoms with Crippen LogP contribution in [0, 0.1) is 0 Å². The molecule has 0 atom stereocenters. The van der Waals surface area contributed by atoms with Crippen LogP contribution >= 0.6 is 22.9 Å². The van der Waals surface area contributed by atoms with Crippen LogP contribution in [0.2, 0.25) is 5.02 Å². The summed E-state index contributed by atoms with van der Waals surface area (Å²) < 4.78 is 8.03. The first-order valence-corrected chi connectivity index (χ1v) is 9.91. The smallest absolute Gasteiger partial charge is 0.282 e. The van der Waals surface area contributed by atoms with Crippen molar-refractivity contribution in [3.05, 3.63) is 69.6 Å². The maximum absolute atomic E-state index is 13.0. The summed E-state index contributed by atoms with van der Waals surface area (Å²) in [6, 6.07) is 12.2. The van der Waals surface area contributed by atoms with E-state index in [9.17, 15) is 9.59 Å². The number of benzene rings is 2. The number of halogens is 1. The second-order valence-electron chi connectivity index (χ2n) is 6.11. The van der Waals surface area contributed by atoms with Crippen molar-refractivity contribution in [2.75, 3.05) is 11.9 Å². The molecule has 2 aromatic heterocycles. The first-order chi connectivity index (χ1) is 13.6. The molecule has 0 spiro atoms. The molecule has 28 heavy (non-hydrogen) atoms. The van der Waals surface area contributed by atoms with Gasteiger partial charge in [0.1, 0.15) is 11.4 Å². The number of nitrogens with zero attached hydrogens (tertiary/aromatic N) is 2. The number of carbonyl (C=O) groups is 1. The minimum atomic E-state index is -0.459. The monoisotopic (exact) mass is 413 g/mol. The van der Waals surface area contributed by atoms with Crippen LogP contribution in [0.3, 0.4) is 0 Å². The molecular formula is C20H16ClN3O3S. The van der Waals surface area contributed by atoms with Gasteiger partial charge < -0.3 is 10.1 Å². The predicted molar refractivity (Wildman–Crippen MR) is 112 cm³/mol. The number of nitrogens with one attached hydrogen (secondary N) is 1. The molecule has 0 fully saturated rings. The molecule has 2 heterocycles. The minimum absolute atomic E-state index is 0.0911. The molecule has 0 bridgehead atoms. The van der Waals surface area contributed by atoms with Gasteiger partial charge in [0, 0.05) is 0 Å². The van der Waals surface area contributed by atoms with Gasteiger partial charge in [-0.1, -0.05) is 42.0 Å². The minimum Gasteiger partial charge on any atom is -0.494 e. The molecule has 0 radical (unpaired) electrons. The average molecular weight is 414 g/mol. The first kappa shape index (κ1) is 18.5. The van der Waals surface area contributed by atoms with Crippen LogP contribution in [0.1, 0.15) is 23.7 Å². The Morgan fingerprint density at radius 2 is 2.11 bits per heavy atom. The van der Waals surface area contributed by atoms with E-state index in [0.717, 1.165) is 22.4 Å². The number of aromatic nitrogens is 2. The molecule has 6 nitrogen and oxygen atoms in total. The van der Waals surface area contributed by atoms with Crippen molar-refractivity contribution in [1.29, 1.82) is 0 Å². The van der Waals surface area contributed by atoms with Crippen LogP contribution in [0.5, 0.6) is 5.75 Å². The topological polar surface area (TPSA) is 72.7 Å². The van der Waals surface area contributed by atoms with Crippen molar-refractivity contribution in [2.24, 2.45) is 0 Å². The van der Waals surface area contributed by atoms with Crippen LogP contribution in [0.25, 0.3) is 15.2 Å². The fraction of sp³-hybridized carbons (Fsp3) is 0.150. The Morgan fingerprint density at radius 1 is 1.29 bits per heavy atom. The SMILES string of the molecule is CCCOc1ccc2c(c1)sc1ncc(NC(=O)c3ccccc3Cl)c(=O)n12. The van der Waals surface area contributed by atoms with Crippen LogP contribution < -0.4 is 15.6 Å². The van der Waals surface area contributed by atoms with Crippen molar-refractivity contribution in [1.82, 2.24) is 9.38 Å². The van der Waals surface area contributed by atoms with Gasteiger partial charge in [-0.15, -0.1) is 0 Å². The maximum atomic E-state index is 13.0. The number of fused-ring (bicyclic) bond motifs is 3. The van der Waals surface area contributed by atoms with Crippen LogP contribution in [0.15, 0.2) is 53.5 Å². The zero-order valence-corrected chi connectivity index (χ0v) is 16.5. The summed E-state index contributed by atoms with van der Waals surface area (Å²) >= 11 is 7.45. The lowest BCUT2D eigenvalue weighted by Crippen LogP contribution is -2.22. The van der Waals surface area contributed by atoms with E-state index in [1.807, 2.05) is 25.1 Å². The van der Waals surface area contributed by atoms with E-state index in [-0.39, 0.29) is 11.2 Å². The normalized spacial score (nSPS) is 11.1. The van der Waals surface area contributed by atoms with Crippen molar-refractivity contribution in [3.8, 4) is 5.75 Å². The fourth-order valence-electron chi connectivity index (χ4n) is 2.81. The summed E-state index contributed by atoms with van der Waals surface area (Å²) in [7, 11) is 0. The molecule has 0 aliphatic rings. The highest BCUT2D eigenvalue weighted by molar-refractivity contribution is 7.23. The lowest BCUT2D eigenvalue weighted by atomic mass is 10.2. The van der Waals surface area contributed by atoms with Gasteiger partial charge in [0.2, 0.25) is 0 Å². The van der Waals surface area contributed by atoms with Gasteiger partial charge in [0.15, 0.2) is 4.96 Å². The van der Waals surface area contributed by atoms with Crippen molar-refractivity contribution in [2.45, 2.75) is 13.3 Å². The second kappa shape index (κ2) is 7.61. The molecule has 1 amide bonds. The lowest BCUT2D eigenvalue weighted by Gasteiger charge is -2.06. The number of ether oxygens (including phenoxy) is 1. The summed E-state index contributed by atoms with van der Waals surface area (Å²) in [5.41, 5.74) is 0.754. The van der Waals surface area contributed by atoms with Gasteiger partial charge in [-0.05, 0) is 36.8 Å². The fourth-order valence-corrected chi connectivity index (χ4v) is 4.05. The third-order valence-electron chi connectivity index (χ3n) is 4.14. The lowest BCUT2D eigenvalue weighted by molar-refractivity contribution is 0.102. The van der Waals surface area contributed by atoms with Gasteiger partial charge in [-0.2, -0.15) is 0 Å². The van der Waals surface area contributed by atoms with Crippen LogP contribution in [0.4, 0.5) is 5.69 Å². The summed E-state index contributed by atoms with van der Waals surface area (Å²) in [4.78, 5) is 30.3. The Balaban J connectivity index is 1.74. The Hall–Kier alpha value is -2.90. The molecule has 0 aliphatic heterocycles. The highest BCUT2D eigenvalue weighted by Crippen LogP contribution is 2.28. The van der Waals surface area contributed by atoms with E-state index in [4.69, 9.17) is 16.3 Å². The molecule has 2 aromatic carbocycles. The number of thiazole rings is 1. The van der Waals surface area contributed by atoms with Crippen molar-refractivity contribution >= 4 is 49.7 Å². The highest BCUT2D eigenvalue weighted by Gasteiger charge is 2.15. The maximum Gasteiger partial charge on any atom is 0.282 e. The number of hydrogen-bond donors (Lipinski definition) is 1. The summed E-state index contributed by atoms with van der Waals surface area (Å²) in [6.45, 7) is 2.67. The van der Waals surface area contributed by atoms with Gasteiger partial charge in [-0.3, -0.25) is 9.59 Å². The van der Waals surface area contributed by atoms with E-state index in [1.165, 1.54) is 21.9 Å². The number of carbonyl (C=O) groups excluding carboxylic acids is 1. The Bertz CT molecular complexity index is 1250. The zero-order valence-electron chi connectivity index (χ0n) is 14.9. The van der Waals surface area contributed by atoms with E-state index >= 15 is 0 Å². The summed E-state index contributed by atoms with van der Waals surface area (Å²) in [5.74, 6) is 0.292. The largest absolute Gasteiger partial charge is 0.494 e. The van der Waals surface area contributed by atoms with E-state index in [1.54, 1.807) is 24.3 Å². The Labute approximate surface area is 169 Å².